The summed E-state index contributed by atoms with van der Waals surface area (Å²) < 4.78 is 2.20. The molecule has 0 aromatic carbocycles. The van der Waals surface area contributed by atoms with Gasteiger partial charge in [0.15, 0.2) is 0 Å². The van der Waals surface area contributed by atoms with Crippen LogP contribution in [0, 0.1) is 0 Å². The van der Waals surface area contributed by atoms with E-state index in [4.69, 9.17) is 5.73 Å². The summed E-state index contributed by atoms with van der Waals surface area (Å²) in [6, 6.07) is 0.387. The number of hydrogen-bond acceptors (Lipinski definition) is 4. The van der Waals surface area contributed by atoms with Gasteiger partial charge < -0.3 is 11.1 Å². The molecule has 0 aliphatic heterocycles. The Hall–Kier alpha value is -1.10. The van der Waals surface area contributed by atoms with Crippen molar-refractivity contribution in [3.63, 3.8) is 0 Å². The first-order chi connectivity index (χ1) is 8.26. The number of aromatic nitrogens is 3. The molecule has 0 radical (unpaired) electrons. The Morgan fingerprint density at radius 2 is 1.94 bits per heavy atom. The van der Waals surface area contributed by atoms with Crippen LogP contribution < -0.4 is 11.1 Å². The van der Waals surface area contributed by atoms with Gasteiger partial charge in [0, 0.05) is 25.0 Å². The van der Waals surface area contributed by atoms with E-state index >= 15 is 0 Å². The fourth-order valence-electron chi connectivity index (χ4n) is 2.60. The maximum atomic E-state index is 5.94. The van der Waals surface area contributed by atoms with E-state index in [1.54, 1.807) is 0 Å². The SMILES string of the molecule is CCNc1nnc(C2CCC(N)CC2)n1CC. The van der Waals surface area contributed by atoms with Crippen molar-refractivity contribution in [3.05, 3.63) is 5.82 Å². The lowest BCUT2D eigenvalue weighted by Gasteiger charge is -2.25. The zero-order chi connectivity index (χ0) is 12.3. The third-order valence-electron chi connectivity index (χ3n) is 3.57. The van der Waals surface area contributed by atoms with Gasteiger partial charge in [0.25, 0.3) is 0 Å². The Labute approximate surface area is 103 Å². The summed E-state index contributed by atoms with van der Waals surface area (Å²) >= 11 is 0. The molecule has 1 aromatic rings. The Kier molecular flexibility index (Phi) is 3.99. The Morgan fingerprint density at radius 3 is 2.53 bits per heavy atom. The van der Waals surface area contributed by atoms with Crippen LogP contribution >= 0.6 is 0 Å². The predicted octanol–water partition coefficient (Wildman–Crippen LogP) is 1.71. The van der Waals surface area contributed by atoms with Gasteiger partial charge in [-0.1, -0.05) is 0 Å². The van der Waals surface area contributed by atoms with Gasteiger partial charge in [-0.05, 0) is 39.5 Å². The Morgan fingerprint density at radius 1 is 1.24 bits per heavy atom. The molecule has 2 rings (SSSR count). The lowest BCUT2D eigenvalue weighted by Crippen LogP contribution is -2.27. The minimum absolute atomic E-state index is 0.387. The quantitative estimate of drug-likeness (QED) is 0.836. The molecule has 1 saturated carbocycles. The molecule has 1 aromatic heterocycles. The van der Waals surface area contributed by atoms with Crippen molar-refractivity contribution in [2.75, 3.05) is 11.9 Å². The molecule has 0 saturated heterocycles. The second kappa shape index (κ2) is 5.49. The standard InChI is InChI=1S/C12H23N5/c1-3-14-12-16-15-11(17(12)4-2)9-5-7-10(13)8-6-9/h9-10H,3-8,13H2,1-2H3,(H,14,16). The molecule has 96 valence electrons. The molecular formula is C12H23N5. The summed E-state index contributed by atoms with van der Waals surface area (Å²) in [6.45, 7) is 6.02. The molecular weight excluding hydrogens is 214 g/mol. The van der Waals surface area contributed by atoms with E-state index in [-0.39, 0.29) is 0 Å². The van der Waals surface area contributed by atoms with Crippen LogP contribution in [0.1, 0.15) is 51.3 Å². The molecule has 0 spiro atoms. The fraction of sp³-hybridized carbons (Fsp3) is 0.833. The smallest absolute Gasteiger partial charge is 0.224 e. The minimum atomic E-state index is 0.387. The van der Waals surface area contributed by atoms with Gasteiger partial charge >= 0.3 is 0 Å². The molecule has 5 nitrogen and oxygen atoms in total. The van der Waals surface area contributed by atoms with Crippen LogP contribution in [0.3, 0.4) is 0 Å². The Bertz CT molecular complexity index is 352. The highest BCUT2D eigenvalue weighted by atomic mass is 15.3. The summed E-state index contributed by atoms with van der Waals surface area (Å²) in [7, 11) is 0. The largest absolute Gasteiger partial charge is 0.355 e. The van der Waals surface area contributed by atoms with Crippen molar-refractivity contribution in [2.24, 2.45) is 5.73 Å². The van der Waals surface area contributed by atoms with Crippen LogP contribution in [0.2, 0.25) is 0 Å². The third-order valence-corrected chi connectivity index (χ3v) is 3.57. The molecule has 0 atom stereocenters. The lowest BCUT2D eigenvalue weighted by molar-refractivity contribution is 0.376. The zero-order valence-corrected chi connectivity index (χ0v) is 10.8. The predicted molar refractivity (Wildman–Crippen MR) is 69.0 cm³/mol. The molecule has 0 amide bonds. The Balaban J connectivity index is 2.14. The molecule has 0 unspecified atom stereocenters. The summed E-state index contributed by atoms with van der Waals surface area (Å²) in [5, 5.41) is 11.9. The van der Waals surface area contributed by atoms with Crippen molar-refractivity contribution < 1.29 is 0 Å². The molecule has 1 aliphatic rings. The lowest BCUT2D eigenvalue weighted by atomic mass is 9.86. The van der Waals surface area contributed by atoms with Gasteiger partial charge in [-0.3, -0.25) is 4.57 Å². The molecule has 1 aliphatic carbocycles. The van der Waals surface area contributed by atoms with Gasteiger partial charge in [-0.2, -0.15) is 0 Å². The minimum Gasteiger partial charge on any atom is -0.355 e. The van der Waals surface area contributed by atoms with Gasteiger partial charge in [-0.25, -0.2) is 0 Å². The van der Waals surface area contributed by atoms with Crippen LogP contribution in [0.5, 0.6) is 0 Å². The van der Waals surface area contributed by atoms with E-state index in [1.807, 2.05) is 0 Å². The van der Waals surface area contributed by atoms with Gasteiger partial charge in [0.05, 0.1) is 0 Å². The van der Waals surface area contributed by atoms with E-state index in [0.29, 0.717) is 12.0 Å². The first-order valence-corrected chi connectivity index (χ1v) is 6.68. The van der Waals surface area contributed by atoms with Gasteiger partial charge in [0.2, 0.25) is 5.95 Å². The van der Waals surface area contributed by atoms with E-state index in [9.17, 15) is 0 Å². The average Bonchev–Trinajstić information content (AvgIpc) is 2.73. The number of hydrogen-bond donors (Lipinski definition) is 2. The molecule has 17 heavy (non-hydrogen) atoms. The van der Waals surface area contributed by atoms with Crippen molar-refractivity contribution in [3.8, 4) is 0 Å². The average molecular weight is 237 g/mol. The molecule has 1 heterocycles. The maximum Gasteiger partial charge on any atom is 0.224 e. The number of nitrogens with one attached hydrogen (secondary N) is 1. The number of nitrogens with zero attached hydrogens (tertiary/aromatic N) is 3. The number of anilines is 1. The van der Waals surface area contributed by atoms with Crippen molar-refractivity contribution in [2.45, 2.75) is 58.0 Å². The van der Waals surface area contributed by atoms with Crippen molar-refractivity contribution in [1.82, 2.24) is 14.8 Å². The summed E-state index contributed by atoms with van der Waals surface area (Å²) in [5.74, 6) is 2.57. The molecule has 1 fully saturated rings. The molecule has 3 N–H and O–H groups in total. The summed E-state index contributed by atoms with van der Waals surface area (Å²) in [6.07, 6.45) is 4.51. The van der Waals surface area contributed by atoms with Crippen LogP contribution in [0.15, 0.2) is 0 Å². The molecule has 5 heteroatoms. The maximum absolute atomic E-state index is 5.94. The first kappa shape index (κ1) is 12.4. The van der Waals surface area contributed by atoms with E-state index in [0.717, 1.165) is 50.5 Å². The number of rotatable bonds is 4. The second-order valence-corrected chi connectivity index (χ2v) is 4.77. The summed E-state index contributed by atoms with van der Waals surface area (Å²) in [4.78, 5) is 0. The van der Waals surface area contributed by atoms with Crippen molar-refractivity contribution in [1.29, 1.82) is 0 Å². The van der Waals surface area contributed by atoms with Crippen LogP contribution in [-0.2, 0) is 6.54 Å². The second-order valence-electron chi connectivity index (χ2n) is 4.77. The van der Waals surface area contributed by atoms with Crippen LogP contribution in [0.25, 0.3) is 0 Å². The van der Waals surface area contributed by atoms with Gasteiger partial charge in [0.1, 0.15) is 5.82 Å². The molecule has 0 bridgehead atoms. The highest BCUT2D eigenvalue weighted by molar-refractivity contribution is 5.26. The summed E-state index contributed by atoms with van der Waals surface area (Å²) in [5.41, 5.74) is 5.94. The zero-order valence-electron chi connectivity index (χ0n) is 10.8. The fourth-order valence-corrected chi connectivity index (χ4v) is 2.60. The van der Waals surface area contributed by atoms with E-state index in [1.165, 1.54) is 0 Å². The normalized spacial score (nSPS) is 24.9. The van der Waals surface area contributed by atoms with Gasteiger partial charge in [-0.15, -0.1) is 10.2 Å². The monoisotopic (exact) mass is 237 g/mol. The van der Waals surface area contributed by atoms with E-state index in [2.05, 4.69) is 33.9 Å². The highest BCUT2D eigenvalue weighted by Crippen LogP contribution is 2.32. The topological polar surface area (TPSA) is 68.8 Å². The van der Waals surface area contributed by atoms with Crippen molar-refractivity contribution >= 4 is 5.95 Å². The van der Waals surface area contributed by atoms with Crippen LogP contribution in [0.4, 0.5) is 5.95 Å². The van der Waals surface area contributed by atoms with E-state index < -0.39 is 0 Å². The highest BCUT2D eigenvalue weighted by Gasteiger charge is 2.25. The van der Waals surface area contributed by atoms with Crippen LogP contribution in [-0.4, -0.2) is 27.4 Å². The number of nitrogens with two attached hydrogens (primary N) is 1. The third kappa shape index (κ3) is 2.60. The first-order valence-electron chi connectivity index (χ1n) is 6.68.